The van der Waals surface area contributed by atoms with Gasteiger partial charge in [-0.05, 0) is 19.4 Å². The minimum Gasteiger partial charge on any atom is -0.309 e. The predicted octanol–water partition coefficient (Wildman–Crippen LogP) is 2.71. The molecule has 54 valence electrons. The van der Waals surface area contributed by atoms with Gasteiger partial charge in [-0.15, -0.1) is 0 Å². The summed E-state index contributed by atoms with van der Waals surface area (Å²) in [5.74, 6) is 0. The van der Waals surface area contributed by atoms with Crippen molar-refractivity contribution in [2.75, 3.05) is 0 Å². The van der Waals surface area contributed by atoms with Gasteiger partial charge >= 0.3 is 0 Å². The highest BCUT2D eigenvalue weighted by molar-refractivity contribution is 5.67. The summed E-state index contributed by atoms with van der Waals surface area (Å²) < 4.78 is 0. The first-order valence-corrected chi connectivity index (χ1v) is 3.35. The first kappa shape index (κ1) is 8.89. The first-order valence-electron chi connectivity index (χ1n) is 3.35. The Kier molecular flexibility index (Phi) is 7.01. The van der Waals surface area contributed by atoms with E-state index in [-0.39, 0.29) is 0 Å². The molecule has 0 aliphatic heterocycles. The van der Waals surface area contributed by atoms with Crippen LogP contribution in [0.2, 0.25) is 0 Å². The Bertz CT molecular complexity index is 152. The van der Waals surface area contributed by atoms with Gasteiger partial charge in [-0.2, -0.15) is 0 Å². The van der Waals surface area contributed by atoms with E-state index >= 15 is 0 Å². The number of nitrogens with one attached hydrogen (secondary N) is 1. The van der Waals surface area contributed by atoms with Crippen molar-refractivity contribution in [2.24, 2.45) is 0 Å². The average molecular weight is 135 g/mol. The van der Waals surface area contributed by atoms with Gasteiger partial charge in [0.1, 0.15) is 0 Å². The Balaban J connectivity index is 3.34. The summed E-state index contributed by atoms with van der Waals surface area (Å²) in [5.41, 5.74) is 0. The predicted molar refractivity (Wildman–Crippen MR) is 46.5 cm³/mol. The van der Waals surface area contributed by atoms with Crippen LogP contribution in [0.25, 0.3) is 0 Å². The lowest BCUT2D eigenvalue weighted by molar-refractivity contribution is 1.40. The van der Waals surface area contributed by atoms with Crippen LogP contribution in [-0.4, -0.2) is 6.21 Å². The van der Waals surface area contributed by atoms with E-state index in [0.29, 0.717) is 0 Å². The van der Waals surface area contributed by atoms with Crippen LogP contribution in [0.5, 0.6) is 0 Å². The van der Waals surface area contributed by atoms with E-state index in [1.165, 1.54) is 6.21 Å². The summed E-state index contributed by atoms with van der Waals surface area (Å²) in [7, 11) is 0. The molecule has 0 unspecified atom stereocenters. The molecule has 0 rings (SSSR count). The van der Waals surface area contributed by atoms with Crippen LogP contribution >= 0.6 is 0 Å². The van der Waals surface area contributed by atoms with Crippen molar-refractivity contribution >= 4 is 6.21 Å². The SMILES string of the molecule is C/C=C/C=C/C/C=C/C=N. The maximum Gasteiger partial charge on any atom is 0.0174 e. The molecule has 0 fully saturated rings. The summed E-state index contributed by atoms with van der Waals surface area (Å²) >= 11 is 0. The molecule has 0 saturated carbocycles. The highest BCUT2D eigenvalue weighted by Crippen LogP contribution is 1.85. The van der Waals surface area contributed by atoms with Crippen molar-refractivity contribution in [3.63, 3.8) is 0 Å². The van der Waals surface area contributed by atoms with Gasteiger partial charge in [-0.1, -0.05) is 30.4 Å². The molecule has 0 spiro atoms. The summed E-state index contributed by atoms with van der Waals surface area (Å²) in [5, 5.41) is 6.67. The lowest BCUT2D eigenvalue weighted by Crippen LogP contribution is -1.59. The monoisotopic (exact) mass is 135 g/mol. The van der Waals surface area contributed by atoms with Gasteiger partial charge in [0.2, 0.25) is 0 Å². The van der Waals surface area contributed by atoms with Crippen LogP contribution in [0.15, 0.2) is 36.5 Å². The first-order chi connectivity index (χ1) is 4.91. The van der Waals surface area contributed by atoms with E-state index in [9.17, 15) is 0 Å². The topological polar surface area (TPSA) is 23.9 Å². The third kappa shape index (κ3) is 6.89. The van der Waals surface area contributed by atoms with E-state index in [4.69, 9.17) is 5.41 Å². The molecule has 0 heterocycles. The van der Waals surface area contributed by atoms with Crippen LogP contribution < -0.4 is 0 Å². The van der Waals surface area contributed by atoms with Crippen molar-refractivity contribution in [3.05, 3.63) is 36.5 Å². The van der Waals surface area contributed by atoms with Crippen LogP contribution in [0.4, 0.5) is 0 Å². The molecule has 0 bridgehead atoms. The molecule has 0 amide bonds. The fraction of sp³-hybridized carbons (Fsp3) is 0.222. The van der Waals surface area contributed by atoms with E-state index in [2.05, 4.69) is 0 Å². The van der Waals surface area contributed by atoms with Crippen molar-refractivity contribution in [3.8, 4) is 0 Å². The second-order valence-corrected chi connectivity index (χ2v) is 1.78. The Morgan fingerprint density at radius 2 is 1.80 bits per heavy atom. The van der Waals surface area contributed by atoms with Gasteiger partial charge in [0.05, 0.1) is 0 Å². The standard InChI is InChI=1S/C9H13N/c1-2-3-4-5-6-7-8-9-10/h2-5,7-10H,6H2,1H3/b3-2+,5-4+,8-7+,10-9?. The van der Waals surface area contributed by atoms with Crippen molar-refractivity contribution in [1.29, 1.82) is 5.41 Å². The maximum absolute atomic E-state index is 6.67. The van der Waals surface area contributed by atoms with E-state index in [0.717, 1.165) is 6.42 Å². The minimum absolute atomic E-state index is 0.902. The maximum atomic E-state index is 6.67. The third-order valence-corrected chi connectivity index (χ3v) is 0.944. The second kappa shape index (κ2) is 7.89. The van der Waals surface area contributed by atoms with Crippen molar-refractivity contribution in [1.82, 2.24) is 0 Å². The Morgan fingerprint density at radius 1 is 1.10 bits per heavy atom. The number of rotatable bonds is 4. The molecular weight excluding hydrogens is 122 g/mol. The molecule has 1 nitrogen and oxygen atoms in total. The fourth-order valence-electron chi connectivity index (χ4n) is 0.493. The minimum atomic E-state index is 0.902. The Labute approximate surface area is 62.3 Å². The van der Waals surface area contributed by atoms with Gasteiger partial charge in [0.15, 0.2) is 0 Å². The lowest BCUT2D eigenvalue weighted by Gasteiger charge is -1.76. The molecule has 0 aromatic rings. The molecular formula is C9H13N. The smallest absolute Gasteiger partial charge is 0.0174 e. The van der Waals surface area contributed by atoms with Crippen molar-refractivity contribution in [2.45, 2.75) is 13.3 Å². The van der Waals surface area contributed by atoms with Gasteiger partial charge < -0.3 is 5.41 Å². The molecule has 10 heavy (non-hydrogen) atoms. The van der Waals surface area contributed by atoms with Gasteiger partial charge in [-0.3, -0.25) is 0 Å². The number of allylic oxidation sites excluding steroid dienone is 6. The highest BCUT2D eigenvalue weighted by Gasteiger charge is 1.65. The zero-order valence-electron chi connectivity index (χ0n) is 6.25. The zero-order chi connectivity index (χ0) is 7.66. The second-order valence-electron chi connectivity index (χ2n) is 1.78. The molecule has 0 aromatic carbocycles. The summed E-state index contributed by atoms with van der Waals surface area (Å²) in [6, 6.07) is 0. The van der Waals surface area contributed by atoms with Crippen LogP contribution in [0.1, 0.15) is 13.3 Å². The molecule has 0 saturated heterocycles. The van der Waals surface area contributed by atoms with Gasteiger partial charge in [-0.25, -0.2) is 0 Å². The molecule has 0 aromatic heterocycles. The largest absolute Gasteiger partial charge is 0.309 e. The van der Waals surface area contributed by atoms with E-state index in [1.807, 2.05) is 37.3 Å². The Hall–Kier alpha value is -1.11. The van der Waals surface area contributed by atoms with Crippen LogP contribution in [0.3, 0.4) is 0 Å². The molecule has 0 radical (unpaired) electrons. The van der Waals surface area contributed by atoms with Crippen molar-refractivity contribution < 1.29 is 0 Å². The van der Waals surface area contributed by atoms with E-state index in [1.54, 1.807) is 6.08 Å². The molecule has 0 atom stereocenters. The molecule has 0 aliphatic rings. The lowest BCUT2D eigenvalue weighted by atomic mass is 10.3. The van der Waals surface area contributed by atoms with Gasteiger partial charge in [0, 0.05) is 6.21 Å². The number of hydrogen-bond acceptors (Lipinski definition) is 1. The normalized spacial score (nSPS) is 12.1. The van der Waals surface area contributed by atoms with Crippen LogP contribution in [0, 0.1) is 5.41 Å². The summed E-state index contributed by atoms with van der Waals surface area (Å²) in [6.07, 6.45) is 13.8. The van der Waals surface area contributed by atoms with Gasteiger partial charge in [0.25, 0.3) is 0 Å². The molecule has 0 aliphatic carbocycles. The fourth-order valence-corrected chi connectivity index (χ4v) is 0.493. The third-order valence-electron chi connectivity index (χ3n) is 0.944. The number of hydrogen-bond donors (Lipinski definition) is 1. The quantitative estimate of drug-likeness (QED) is 0.452. The Morgan fingerprint density at radius 3 is 2.40 bits per heavy atom. The summed E-state index contributed by atoms with van der Waals surface area (Å²) in [4.78, 5) is 0. The molecule has 1 heteroatoms. The van der Waals surface area contributed by atoms with E-state index < -0.39 is 0 Å². The summed E-state index contributed by atoms with van der Waals surface area (Å²) in [6.45, 7) is 1.98. The molecule has 1 N–H and O–H groups in total. The highest BCUT2D eigenvalue weighted by atomic mass is 14.3. The zero-order valence-corrected chi connectivity index (χ0v) is 6.25. The average Bonchev–Trinajstić information content (AvgIpc) is 1.97. The van der Waals surface area contributed by atoms with Crippen LogP contribution in [-0.2, 0) is 0 Å².